The molecule has 1 aromatic heterocycles. The summed E-state index contributed by atoms with van der Waals surface area (Å²) < 4.78 is 0. The van der Waals surface area contributed by atoms with Crippen LogP contribution in [0.15, 0.2) is 0 Å². The van der Waals surface area contributed by atoms with Gasteiger partial charge >= 0.3 is 0 Å². The van der Waals surface area contributed by atoms with Crippen LogP contribution in [-0.2, 0) is 0 Å². The third-order valence-electron chi connectivity index (χ3n) is 3.70. The highest BCUT2D eigenvalue weighted by molar-refractivity contribution is 5.57. The summed E-state index contributed by atoms with van der Waals surface area (Å²) in [4.78, 5) is 11.6. The van der Waals surface area contributed by atoms with Crippen LogP contribution >= 0.6 is 0 Å². The molecule has 2 N–H and O–H groups in total. The smallest absolute Gasteiger partial charge is 0.137 e. The quantitative estimate of drug-likeness (QED) is 0.855. The summed E-state index contributed by atoms with van der Waals surface area (Å²) in [7, 11) is 0. The Labute approximate surface area is 116 Å². The number of hydrogen-bond donors (Lipinski definition) is 1. The molecule has 0 atom stereocenters. The Balaban J connectivity index is 2.34. The molecule has 0 radical (unpaired) electrons. The molecule has 0 unspecified atom stereocenters. The van der Waals surface area contributed by atoms with Crippen LogP contribution in [0.4, 0.5) is 11.6 Å². The van der Waals surface area contributed by atoms with Crippen molar-refractivity contribution < 1.29 is 0 Å². The lowest BCUT2D eigenvalue weighted by molar-refractivity contribution is 0.690. The van der Waals surface area contributed by atoms with E-state index in [2.05, 4.69) is 30.7 Å². The molecule has 1 aromatic rings. The molecule has 19 heavy (non-hydrogen) atoms. The maximum atomic E-state index is 6.07. The van der Waals surface area contributed by atoms with Gasteiger partial charge in [-0.2, -0.15) is 0 Å². The van der Waals surface area contributed by atoms with Crippen LogP contribution in [0.3, 0.4) is 0 Å². The highest BCUT2D eigenvalue weighted by Gasteiger charge is 2.31. The Bertz CT molecular complexity index is 438. The molecule has 0 spiro atoms. The summed E-state index contributed by atoms with van der Waals surface area (Å²) in [6.45, 7) is 9.57. The molecular formula is C15H26N4. The van der Waals surface area contributed by atoms with E-state index in [9.17, 15) is 0 Å². The Morgan fingerprint density at radius 3 is 2.53 bits per heavy atom. The van der Waals surface area contributed by atoms with Crippen molar-refractivity contribution >= 4 is 11.6 Å². The maximum Gasteiger partial charge on any atom is 0.137 e. The molecule has 106 valence electrons. The van der Waals surface area contributed by atoms with Crippen LogP contribution in [0.5, 0.6) is 0 Å². The number of anilines is 2. The fourth-order valence-corrected chi connectivity index (χ4v) is 2.25. The van der Waals surface area contributed by atoms with Gasteiger partial charge in [-0.25, -0.2) is 9.97 Å². The summed E-state index contributed by atoms with van der Waals surface area (Å²) >= 11 is 0. The number of unbranched alkanes of at least 4 members (excludes halogenated alkanes) is 1. The second kappa shape index (κ2) is 5.76. The van der Waals surface area contributed by atoms with Crippen molar-refractivity contribution in [1.29, 1.82) is 0 Å². The molecule has 0 aliphatic heterocycles. The van der Waals surface area contributed by atoms with Gasteiger partial charge in [-0.15, -0.1) is 0 Å². The van der Waals surface area contributed by atoms with Gasteiger partial charge in [0.15, 0.2) is 0 Å². The standard InChI is InChI=1S/C15H26N4/c1-5-6-9-19(12-7-8-12)15-11(4)13(16)17-14(18-15)10(2)3/h10,12H,5-9H2,1-4H3,(H2,16,17,18). The van der Waals surface area contributed by atoms with Crippen LogP contribution in [-0.4, -0.2) is 22.6 Å². The Hall–Kier alpha value is -1.32. The lowest BCUT2D eigenvalue weighted by Crippen LogP contribution is -2.29. The first kappa shape index (κ1) is 14.1. The van der Waals surface area contributed by atoms with Crippen molar-refractivity contribution in [2.45, 2.75) is 65.3 Å². The molecule has 0 saturated heterocycles. The van der Waals surface area contributed by atoms with E-state index in [0.717, 1.165) is 23.8 Å². The summed E-state index contributed by atoms with van der Waals surface area (Å²) in [5.74, 6) is 2.87. The van der Waals surface area contributed by atoms with Gasteiger partial charge in [-0.05, 0) is 26.2 Å². The second-order valence-corrected chi connectivity index (χ2v) is 5.85. The molecular weight excluding hydrogens is 236 g/mol. The van der Waals surface area contributed by atoms with E-state index in [0.29, 0.717) is 17.8 Å². The molecule has 2 rings (SSSR count). The van der Waals surface area contributed by atoms with Crippen LogP contribution in [0.2, 0.25) is 0 Å². The molecule has 1 fully saturated rings. The topological polar surface area (TPSA) is 55.0 Å². The van der Waals surface area contributed by atoms with E-state index >= 15 is 0 Å². The average molecular weight is 262 g/mol. The van der Waals surface area contributed by atoms with Crippen molar-refractivity contribution in [1.82, 2.24) is 9.97 Å². The number of nitrogens with zero attached hydrogens (tertiary/aromatic N) is 3. The summed E-state index contributed by atoms with van der Waals surface area (Å²) in [5, 5.41) is 0. The fraction of sp³-hybridized carbons (Fsp3) is 0.733. The highest BCUT2D eigenvalue weighted by Crippen LogP contribution is 2.34. The minimum absolute atomic E-state index is 0.314. The van der Waals surface area contributed by atoms with Gasteiger partial charge in [-0.1, -0.05) is 27.2 Å². The predicted octanol–water partition coefficient (Wildman–Crippen LogP) is 3.26. The molecule has 1 saturated carbocycles. The second-order valence-electron chi connectivity index (χ2n) is 5.85. The van der Waals surface area contributed by atoms with Gasteiger partial charge in [0.25, 0.3) is 0 Å². The van der Waals surface area contributed by atoms with E-state index in [-0.39, 0.29) is 0 Å². The highest BCUT2D eigenvalue weighted by atomic mass is 15.2. The predicted molar refractivity (Wildman–Crippen MR) is 80.5 cm³/mol. The average Bonchev–Trinajstić information content (AvgIpc) is 3.18. The number of nitrogens with two attached hydrogens (primary N) is 1. The summed E-state index contributed by atoms with van der Waals surface area (Å²) in [6, 6.07) is 0.666. The lowest BCUT2D eigenvalue weighted by Gasteiger charge is -2.26. The van der Waals surface area contributed by atoms with Crippen molar-refractivity contribution in [2.24, 2.45) is 0 Å². The molecule has 0 aromatic carbocycles. The third kappa shape index (κ3) is 3.17. The van der Waals surface area contributed by atoms with Crippen molar-refractivity contribution in [3.63, 3.8) is 0 Å². The van der Waals surface area contributed by atoms with Gasteiger partial charge in [0, 0.05) is 24.1 Å². The first-order valence-electron chi connectivity index (χ1n) is 7.45. The third-order valence-corrected chi connectivity index (χ3v) is 3.70. The van der Waals surface area contributed by atoms with Crippen LogP contribution in [0.1, 0.15) is 63.8 Å². The van der Waals surface area contributed by atoms with E-state index in [1.54, 1.807) is 0 Å². The number of rotatable bonds is 6. The zero-order chi connectivity index (χ0) is 14.0. The zero-order valence-corrected chi connectivity index (χ0v) is 12.6. The fourth-order valence-electron chi connectivity index (χ4n) is 2.25. The van der Waals surface area contributed by atoms with Gasteiger partial charge in [-0.3, -0.25) is 0 Å². The van der Waals surface area contributed by atoms with Gasteiger partial charge in [0.05, 0.1) is 0 Å². The normalized spacial score (nSPS) is 15.0. The number of nitrogen functional groups attached to an aromatic ring is 1. The summed E-state index contributed by atoms with van der Waals surface area (Å²) in [5.41, 5.74) is 7.10. The zero-order valence-electron chi connectivity index (χ0n) is 12.6. The molecule has 0 bridgehead atoms. The van der Waals surface area contributed by atoms with E-state index < -0.39 is 0 Å². The van der Waals surface area contributed by atoms with Crippen molar-refractivity contribution in [3.05, 3.63) is 11.4 Å². The Kier molecular flexibility index (Phi) is 4.27. The van der Waals surface area contributed by atoms with E-state index in [1.807, 2.05) is 6.92 Å². The molecule has 1 aliphatic carbocycles. The molecule has 0 amide bonds. The molecule has 4 nitrogen and oxygen atoms in total. The van der Waals surface area contributed by atoms with Gasteiger partial charge < -0.3 is 10.6 Å². The largest absolute Gasteiger partial charge is 0.383 e. The maximum absolute atomic E-state index is 6.07. The van der Waals surface area contributed by atoms with Crippen molar-refractivity contribution in [2.75, 3.05) is 17.2 Å². The van der Waals surface area contributed by atoms with E-state index in [4.69, 9.17) is 10.7 Å². The van der Waals surface area contributed by atoms with Gasteiger partial charge in [0.1, 0.15) is 17.5 Å². The van der Waals surface area contributed by atoms with Crippen LogP contribution in [0, 0.1) is 6.92 Å². The van der Waals surface area contributed by atoms with Crippen LogP contribution in [0.25, 0.3) is 0 Å². The first-order valence-corrected chi connectivity index (χ1v) is 7.45. The van der Waals surface area contributed by atoms with Crippen molar-refractivity contribution in [3.8, 4) is 0 Å². The summed E-state index contributed by atoms with van der Waals surface area (Å²) in [6.07, 6.45) is 4.98. The number of hydrogen-bond acceptors (Lipinski definition) is 4. The van der Waals surface area contributed by atoms with Crippen LogP contribution < -0.4 is 10.6 Å². The Morgan fingerprint density at radius 1 is 1.32 bits per heavy atom. The minimum atomic E-state index is 0.314. The lowest BCUT2D eigenvalue weighted by atomic mass is 10.2. The first-order chi connectivity index (χ1) is 9.04. The Morgan fingerprint density at radius 2 is 2.00 bits per heavy atom. The minimum Gasteiger partial charge on any atom is -0.383 e. The SMILES string of the molecule is CCCCN(c1nc(C(C)C)nc(N)c1C)C1CC1. The molecule has 1 aliphatic rings. The van der Waals surface area contributed by atoms with Gasteiger partial charge in [0.2, 0.25) is 0 Å². The van der Waals surface area contributed by atoms with E-state index in [1.165, 1.54) is 25.7 Å². The number of aromatic nitrogens is 2. The molecule has 4 heteroatoms. The monoisotopic (exact) mass is 262 g/mol. The molecule has 1 heterocycles.